The van der Waals surface area contributed by atoms with Gasteiger partial charge in [0.05, 0.1) is 11.5 Å². The molecule has 4 rings (SSSR count). The first-order chi connectivity index (χ1) is 18.6. The molecule has 1 aliphatic carbocycles. The smallest absolute Gasteiger partial charge is 0.349 e. The summed E-state index contributed by atoms with van der Waals surface area (Å²) in [6, 6.07) is 11.0. The summed E-state index contributed by atoms with van der Waals surface area (Å²) in [5, 5.41) is -0.370. The van der Waals surface area contributed by atoms with E-state index in [0.717, 1.165) is 36.4 Å². The Hall–Kier alpha value is -2.34. The monoisotopic (exact) mass is 628 g/mol. The van der Waals surface area contributed by atoms with Gasteiger partial charge in [-0.1, -0.05) is 66.4 Å². The molecule has 0 atom stereocenters. The second-order valence-corrected chi connectivity index (χ2v) is 12.5. The number of benzene rings is 3. The average molecular weight is 629 g/mol. The van der Waals surface area contributed by atoms with Gasteiger partial charge in [0.15, 0.2) is 9.84 Å². The van der Waals surface area contributed by atoms with Crippen LogP contribution in [-0.2, 0) is 31.5 Å². The SMILES string of the molecule is O=S(=O)(c1ccc(F)cc1)C1(c2ccc(C(OCc3c(Cl)cccc3Cl)(C(F)(F)F)C(F)(F)F)cc2)CCCC1. The van der Waals surface area contributed by atoms with Crippen molar-refractivity contribution in [3.8, 4) is 0 Å². The van der Waals surface area contributed by atoms with E-state index >= 15 is 0 Å². The third kappa shape index (κ3) is 5.10. The Morgan fingerprint density at radius 2 is 1.27 bits per heavy atom. The van der Waals surface area contributed by atoms with Crippen molar-refractivity contribution in [1.29, 1.82) is 0 Å². The van der Waals surface area contributed by atoms with Crippen LogP contribution in [0.25, 0.3) is 0 Å². The summed E-state index contributed by atoms with van der Waals surface area (Å²) in [5.74, 6) is -0.669. The molecule has 3 aromatic carbocycles. The lowest BCUT2D eigenvalue weighted by Gasteiger charge is -2.38. The Kier molecular flexibility index (Phi) is 8.28. The van der Waals surface area contributed by atoms with E-state index < -0.39 is 50.5 Å². The molecule has 1 aliphatic rings. The van der Waals surface area contributed by atoms with E-state index in [4.69, 9.17) is 23.2 Å². The average Bonchev–Trinajstić information content (AvgIpc) is 3.37. The predicted molar refractivity (Wildman–Crippen MR) is 135 cm³/mol. The van der Waals surface area contributed by atoms with Crippen LogP contribution < -0.4 is 0 Å². The van der Waals surface area contributed by atoms with Gasteiger partial charge in [-0.15, -0.1) is 0 Å². The van der Waals surface area contributed by atoms with Crippen molar-refractivity contribution in [2.45, 2.75) is 59.9 Å². The summed E-state index contributed by atoms with van der Waals surface area (Å²) < 4.78 is 130. The van der Waals surface area contributed by atoms with E-state index in [2.05, 4.69) is 4.74 Å². The molecule has 0 radical (unpaired) electrons. The zero-order valence-electron chi connectivity index (χ0n) is 20.4. The molecule has 3 nitrogen and oxygen atoms in total. The zero-order chi connectivity index (χ0) is 29.6. The molecule has 3 aromatic rings. The van der Waals surface area contributed by atoms with Crippen molar-refractivity contribution in [2.24, 2.45) is 0 Å². The fraction of sp³-hybridized carbons (Fsp3) is 0.333. The van der Waals surface area contributed by atoms with Crippen molar-refractivity contribution in [1.82, 2.24) is 0 Å². The molecule has 0 bridgehead atoms. The first-order valence-electron chi connectivity index (χ1n) is 11.9. The molecule has 13 heteroatoms. The Bertz CT molecular complexity index is 1430. The molecule has 0 unspecified atom stereocenters. The van der Waals surface area contributed by atoms with E-state index in [0.29, 0.717) is 25.0 Å². The highest BCUT2D eigenvalue weighted by molar-refractivity contribution is 7.92. The van der Waals surface area contributed by atoms with Gasteiger partial charge in [-0.05, 0) is 54.8 Å². The molecule has 0 saturated heterocycles. The topological polar surface area (TPSA) is 43.4 Å². The second-order valence-electron chi connectivity index (χ2n) is 9.40. The molecule has 0 N–H and O–H groups in total. The molecule has 1 saturated carbocycles. The van der Waals surface area contributed by atoms with Gasteiger partial charge in [0.1, 0.15) is 10.6 Å². The van der Waals surface area contributed by atoms with E-state index in [-0.39, 0.29) is 38.9 Å². The number of hydrogen-bond acceptors (Lipinski definition) is 3. The maximum absolute atomic E-state index is 14.3. The lowest BCUT2D eigenvalue weighted by atomic mass is 9.88. The highest BCUT2D eigenvalue weighted by atomic mass is 35.5. The first kappa shape index (κ1) is 30.6. The normalized spacial score (nSPS) is 16.3. The van der Waals surface area contributed by atoms with Gasteiger partial charge in [0, 0.05) is 21.2 Å². The van der Waals surface area contributed by atoms with E-state index in [9.17, 15) is 39.2 Å². The van der Waals surface area contributed by atoms with E-state index in [1.807, 2.05) is 0 Å². The van der Waals surface area contributed by atoms with Crippen molar-refractivity contribution < 1.29 is 43.9 Å². The molecule has 40 heavy (non-hydrogen) atoms. The van der Waals surface area contributed by atoms with Gasteiger partial charge in [-0.2, -0.15) is 26.3 Å². The highest BCUT2D eigenvalue weighted by Crippen LogP contribution is 2.55. The van der Waals surface area contributed by atoms with Gasteiger partial charge < -0.3 is 4.74 Å². The summed E-state index contributed by atoms with van der Waals surface area (Å²) in [7, 11) is -4.20. The van der Waals surface area contributed by atoms with Crippen molar-refractivity contribution in [3.63, 3.8) is 0 Å². The minimum atomic E-state index is -5.98. The molecule has 0 aromatic heterocycles. The van der Waals surface area contributed by atoms with Crippen LogP contribution in [-0.4, -0.2) is 20.8 Å². The molecule has 0 heterocycles. The summed E-state index contributed by atoms with van der Waals surface area (Å²) in [6.07, 6.45) is -10.9. The standard InChI is InChI=1S/C27H21Cl2F7O3S/c28-22-4-3-5-23(29)21(22)16-39-25(26(31,32)33,27(34,35)36)18-8-6-17(7-9-18)24(14-1-2-15-24)40(37,38)20-12-10-19(30)11-13-20/h3-13H,1-2,14-16H2. The fourth-order valence-corrected chi connectivity index (χ4v) is 7.82. The molecular weight excluding hydrogens is 608 g/mol. The third-order valence-electron chi connectivity index (χ3n) is 7.16. The van der Waals surface area contributed by atoms with Crippen molar-refractivity contribution in [2.75, 3.05) is 0 Å². The van der Waals surface area contributed by atoms with E-state index in [1.54, 1.807) is 0 Å². The number of rotatable bonds is 7. The van der Waals surface area contributed by atoms with Gasteiger partial charge in [-0.3, -0.25) is 0 Å². The molecule has 0 spiro atoms. The highest BCUT2D eigenvalue weighted by Gasteiger charge is 2.73. The first-order valence-corrected chi connectivity index (χ1v) is 14.1. The Morgan fingerprint density at radius 3 is 1.75 bits per heavy atom. The maximum atomic E-state index is 14.3. The Balaban J connectivity index is 1.81. The predicted octanol–water partition coefficient (Wildman–Crippen LogP) is 8.91. The summed E-state index contributed by atoms with van der Waals surface area (Å²) in [5.41, 5.74) is -6.33. The van der Waals surface area contributed by atoms with Crippen LogP contribution in [0.4, 0.5) is 30.7 Å². The largest absolute Gasteiger partial charge is 0.430 e. The molecule has 0 amide bonds. The number of alkyl halides is 6. The lowest BCUT2D eigenvalue weighted by Crippen LogP contribution is -2.55. The molecule has 1 fully saturated rings. The second kappa shape index (κ2) is 10.8. The van der Waals surface area contributed by atoms with Crippen LogP contribution in [0.2, 0.25) is 10.0 Å². The van der Waals surface area contributed by atoms with E-state index in [1.165, 1.54) is 18.2 Å². The van der Waals surface area contributed by atoms with Crippen molar-refractivity contribution >= 4 is 33.0 Å². The van der Waals surface area contributed by atoms with Crippen LogP contribution >= 0.6 is 23.2 Å². The van der Waals surface area contributed by atoms with Crippen LogP contribution in [0.15, 0.2) is 71.6 Å². The summed E-state index contributed by atoms with van der Waals surface area (Å²) in [4.78, 5) is -0.209. The number of ether oxygens (including phenoxy) is 1. The maximum Gasteiger partial charge on any atom is 0.430 e. The third-order valence-corrected chi connectivity index (χ3v) is 10.4. The van der Waals surface area contributed by atoms with Crippen LogP contribution in [0.5, 0.6) is 0 Å². The van der Waals surface area contributed by atoms with Crippen molar-refractivity contribution in [3.05, 3.63) is 99.3 Å². The fourth-order valence-electron chi connectivity index (χ4n) is 5.09. The van der Waals surface area contributed by atoms with Crippen LogP contribution in [0.3, 0.4) is 0 Å². The Labute approximate surface area is 235 Å². The van der Waals surface area contributed by atoms with Gasteiger partial charge in [0.2, 0.25) is 0 Å². The summed E-state index contributed by atoms with van der Waals surface area (Å²) in [6.45, 7) is -1.22. The molecular formula is C27H21Cl2F7O3S. The zero-order valence-corrected chi connectivity index (χ0v) is 22.7. The number of hydrogen-bond donors (Lipinski definition) is 0. The number of halogens is 9. The molecule has 0 aliphatic heterocycles. The minimum Gasteiger partial charge on any atom is -0.349 e. The van der Waals surface area contributed by atoms with Gasteiger partial charge in [-0.25, -0.2) is 12.8 Å². The quantitative estimate of drug-likeness (QED) is 0.194. The lowest BCUT2D eigenvalue weighted by molar-refractivity contribution is -0.392. The molecule has 216 valence electrons. The summed E-state index contributed by atoms with van der Waals surface area (Å²) >= 11 is 11.9. The van der Waals surface area contributed by atoms with Gasteiger partial charge in [0.25, 0.3) is 5.60 Å². The number of sulfone groups is 1. The van der Waals surface area contributed by atoms with Crippen LogP contribution in [0.1, 0.15) is 42.4 Å². The van der Waals surface area contributed by atoms with Gasteiger partial charge >= 0.3 is 12.4 Å². The minimum absolute atomic E-state index is 0.0190. The Morgan fingerprint density at radius 1 is 0.775 bits per heavy atom. The van der Waals surface area contributed by atoms with Crippen LogP contribution in [0, 0.1) is 5.82 Å².